The van der Waals surface area contributed by atoms with E-state index >= 15 is 0 Å². The molecule has 3 aromatic rings. The van der Waals surface area contributed by atoms with Crippen molar-refractivity contribution in [3.63, 3.8) is 0 Å². The van der Waals surface area contributed by atoms with E-state index in [2.05, 4.69) is 15.3 Å². The second kappa shape index (κ2) is 8.22. The van der Waals surface area contributed by atoms with Gasteiger partial charge in [0.05, 0.1) is 26.3 Å². The fraction of sp³-hybridized carbons (Fsp3) is 0.235. The van der Waals surface area contributed by atoms with Crippen molar-refractivity contribution < 1.29 is 9.18 Å². The third-order valence-corrected chi connectivity index (χ3v) is 6.15. The van der Waals surface area contributed by atoms with E-state index in [0.29, 0.717) is 12.1 Å². The van der Waals surface area contributed by atoms with Crippen molar-refractivity contribution in [2.24, 2.45) is 11.7 Å². The van der Waals surface area contributed by atoms with Crippen LogP contribution in [-0.4, -0.2) is 15.9 Å². The minimum absolute atomic E-state index is 0.0365. The summed E-state index contributed by atoms with van der Waals surface area (Å²) in [4.78, 5) is 22.8. The molecule has 9 heteroatoms. The topological polar surface area (TPSA) is 80.9 Å². The number of hydrogen-bond donors (Lipinski definition) is 2. The second-order valence-corrected chi connectivity index (χ2v) is 8.15. The standard InChI is InChI=1S/C17H16ClFN4OS2/c1-9(16(24)23-10-2-3-12(19)11(18)5-10)4-13(20)17-22-7-15(26-17)14-6-21-8-25-14/h2-3,5-9,13H,4,20H2,1H3,(H,23,24)/t9-,13+/m1/s1. The lowest BCUT2D eigenvalue weighted by atomic mass is 10.0. The molecule has 0 fully saturated rings. The average Bonchev–Trinajstić information content (AvgIpc) is 3.28. The van der Waals surface area contributed by atoms with Crippen LogP contribution in [0.4, 0.5) is 10.1 Å². The van der Waals surface area contributed by atoms with Gasteiger partial charge in [0.2, 0.25) is 5.91 Å². The highest BCUT2D eigenvalue weighted by atomic mass is 35.5. The van der Waals surface area contributed by atoms with Gasteiger partial charge in [-0.25, -0.2) is 9.37 Å². The lowest BCUT2D eigenvalue weighted by Gasteiger charge is -2.15. The quantitative estimate of drug-likeness (QED) is 0.615. The number of nitrogens with zero attached hydrogens (tertiary/aromatic N) is 2. The highest BCUT2D eigenvalue weighted by molar-refractivity contribution is 7.21. The Morgan fingerprint density at radius 3 is 2.88 bits per heavy atom. The largest absolute Gasteiger partial charge is 0.326 e. The molecule has 0 aliphatic carbocycles. The molecular formula is C17H16ClFN4OS2. The summed E-state index contributed by atoms with van der Waals surface area (Å²) >= 11 is 8.77. The molecule has 0 aliphatic heterocycles. The Bertz CT molecular complexity index is 900. The zero-order valence-electron chi connectivity index (χ0n) is 13.8. The number of anilines is 1. The lowest BCUT2D eigenvalue weighted by molar-refractivity contribution is -0.119. The minimum Gasteiger partial charge on any atom is -0.326 e. The first-order valence-electron chi connectivity index (χ1n) is 7.80. The molecular weight excluding hydrogens is 395 g/mol. The third-order valence-electron chi connectivity index (χ3n) is 3.76. The average molecular weight is 411 g/mol. The van der Waals surface area contributed by atoms with E-state index in [-0.39, 0.29) is 22.9 Å². The van der Waals surface area contributed by atoms with Gasteiger partial charge in [0.15, 0.2) is 0 Å². The summed E-state index contributed by atoms with van der Waals surface area (Å²) < 4.78 is 13.2. The molecule has 0 saturated carbocycles. The zero-order valence-corrected chi connectivity index (χ0v) is 16.2. The van der Waals surface area contributed by atoms with Crippen molar-refractivity contribution in [3.05, 3.63) is 52.0 Å². The predicted octanol–water partition coefficient (Wildman–Crippen LogP) is 4.72. The smallest absolute Gasteiger partial charge is 0.227 e. The molecule has 0 bridgehead atoms. The van der Waals surface area contributed by atoms with Gasteiger partial charge in [0, 0.05) is 24.0 Å². The first-order chi connectivity index (χ1) is 12.4. The fourth-order valence-corrected chi connectivity index (χ4v) is 4.15. The Balaban J connectivity index is 1.60. The van der Waals surface area contributed by atoms with Crippen LogP contribution >= 0.6 is 34.3 Å². The minimum atomic E-state index is -0.528. The van der Waals surface area contributed by atoms with Gasteiger partial charge in [-0.2, -0.15) is 0 Å². The number of halogens is 2. The van der Waals surface area contributed by atoms with Crippen molar-refractivity contribution in [2.45, 2.75) is 19.4 Å². The first kappa shape index (κ1) is 18.9. The number of amides is 1. The Morgan fingerprint density at radius 2 is 2.19 bits per heavy atom. The van der Waals surface area contributed by atoms with Gasteiger partial charge in [-0.15, -0.1) is 22.7 Å². The maximum absolute atomic E-state index is 13.2. The molecule has 0 spiro atoms. The van der Waals surface area contributed by atoms with Gasteiger partial charge in [-0.05, 0) is 24.6 Å². The van der Waals surface area contributed by atoms with Gasteiger partial charge in [-0.3, -0.25) is 9.78 Å². The number of thiazole rings is 2. The van der Waals surface area contributed by atoms with Gasteiger partial charge >= 0.3 is 0 Å². The van der Waals surface area contributed by atoms with Crippen LogP contribution in [0.2, 0.25) is 5.02 Å². The number of benzene rings is 1. The van der Waals surface area contributed by atoms with Gasteiger partial charge < -0.3 is 11.1 Å². The summed E-state index contributed by atoms with van der Waals surface area (Å²) in [5, 5.41) is 3.46. The van der Waals surface area contributed by atoms with E-state index in [9.17, 15) is 9.18 Å². The summed E-state index contributed by atoms with van der Waals surface area (Å²) in [6, 6.07) is 3.71. The molecule has 5 nitrogen and oxygen atoms in total. The Kier molecular flexibility index (Phi) is 5.98. The Labute approximate surface area is 163 Å². The van der Waals surface area contributed by atoms with E-state index in [0.717, 1.165) is 14.8 Å². The van der Waals surface area contributed by atoms with Gasteiger partial charge in [0.25, 0.3) is 0 Å². The number of aromatic nitrogens is 2. The van der Waals surface area contributed by atoms with Crippen LogP contribution in [0.15, 0.2) is 36.1 Å². The van der Waals surface area contributed by atoms with Crippen molar-refractivity contribution >= 4 is 45.9 Å². The van der Waals surface area contributed by atoms with Crippen molar-refractivity contribution in [3.8, 4) is 9.75 Å². The molecule has 1 aromatic carbocycles. The number of carbonyl (C=O) groups is 1. The predicted molar refractivity (Wildman–Crippen MR) is 104 cm³/mol. The molecule has 3 rings (SSSR count). The van der Waals surface area contributed by atoms with Crippen LogP contribution < -0.4 is 11.1 Å². The molecule has 26 heavy (non-hydrogen) atoms. The molecule has 2 atom stereocenters. The molecule has 3 N–H and O–H groups in total. The van der Waals surface area contributed by atoms with E-state index in [4.69, 9.17) is 17.3 Å². The van der Waals surface area contributed by atoms with Crippen molar-refractivity contribution in [2.75, 3.05) is 5.32 Å². The highest BCUT2D eigenvalue weighted by Gasteiger charge is 2.20. The SMILES string of the molecule is C[C@H](C[C@H](N)c1ncc(-c2cncs2)s1)C(=O)Nc1ccc(F)c(Cl)c1. The normalized spacial score (nSPS) is 13.4. The number of carbonyl (C=O) groups excluding carboxylic acids is 1. The van der Waals surface area contributed by atoms with E-state index in [1.807, 2.05) is 0 Å². The molecule has 1 amide bonds. The van der Waals surface area contributed by atoms with Crippen LogP contribution in [0, 0.1) is 11.7 Å². The fourth-order valence-electron chi connectivity index (χ4n) is 2.34. The van der Waals surface area contributed by atoms with E-state index < -0.39 is 5.82 Å². The van der Waals surface area contributed by atoms with E-state index in [1.54, 1.807) is 36.2 Å². The Hall–Kier alpha value is -1.87. The second-order valence-electron chi connectivity index (χ2n) is 5.79. The zero-order chi connectivity index (χ0) is 18.7. The van der Waals surface area contributed by atoms with Crippen LogP contribution in [0.3, 0.4) is 0 Å². The van der Waals surface area contributed by atoms with Crippen molar-refractivity contribution in [1.29, 1.82) is 0 Å². The lowest BCUT2D eigenvalue weighted by Crippen LogP contribution is -2.24. The molecule has 0 saturated heterocycles. The molecule has 136 valence electrons. The summed E-state index contributed by atoms with van der Waals surface area (Å²) in [7, 11) is 0. The number of hydrogen-bond acceptors (Lipinski definition) is 6. The highest BCUT2D eigenvalue weighted by Crippen LogP contribution is 2.32. The first-order valence-corrected chi connectivity index (χ1v) is 9.87. The molecule has 0 aliphatic rings. The van der Waals surface area contributed by atoms with E-state index in [1.165, 1.54) is 29.5 Å². The molecule has 2 aromatic heterocycles. The molecule has 2 heterocycles. The van der Waals surface area contributed by atoms with Gasteiger partial charge in [0.1, 0.15) is 10.8 Å². The molecule has 0 radical (unpaired) electrons. The van der Waals surface area contributed by atoms with Crippen molar-refractivity contribution in [1.82, 2.24) is 9.97 Å². The third kappa shape index (κ3) is 4.45. The van der Waals surface area contributed by atoms with Crippen LogP contribution in [0.1, 0.15) is 24.4 Å². The number of nitrogens with one attached hydrogen (secondary N) is 1. The van der Waals surface area contributed by atoms with Crippen LogP contribution in [-0.2, 0) is 4.79 Å². The summed E-state index contributed by atoms with van der Waals surface area (Å²) in [5.41, 5.74) is 8.44. The maximum Gasteiger partial charge on any atom is 0.227 e. The monoisotopic (exact) mass is 410 g/mol. The van der Waals surface area contributed by atoms with Crippen LogP contribution in [0.25, 0.3) is 9.75 Å². The summed E-state index contributed by atoms with van der Waals surface area (Å²) in [5.74, 6) is -1.08. The Morgan fingerprint density at radius 1 is 1.38 bits per heavy atom. The molecule has 0 unspecified atom stereocenters. The number of rotatable bonds is 6. The van der Waals surface area contributed by atoms with Crippen LogP contribution in [0.5, 0.6) is 0 Å². The summed E-state index contributed by atoms with van der Waals surface area (Å²) in [6.07, 6.45) is 4.01. The maximum atomic E-state index is 13.2. The number of nitrogens with two attached hydrogens (primary N) is 1. The summed E-state index contributed by atoms with van der Waals surface area (Å²) in [6.45, 7) is 1.79. The van der Waals surface area contributed by atoms with Gasteiger partial charge in [-0.1, -0.05) is 18.5 Å².